The average Bonchev–Trinajstić information content (AvgIpc) is 2.88. The molecule has 1 atom stereocenters. The van der Waals surface area contributed by atoms with Gasteiger partial charge in [0.25, 0.3) is 0 Å². The Balaban J connectivity index is 1.97. The number of anilines is 1. The zero-order valence-corrected chi connectivity index (χ0v) is 14.1. The van der Waals surface area contributed by atoms with Crippen molar-refractivity contribution >= 4 is 45.1 Å². The van der Waals surface area contributed by atoms with Gasteiger partial charge in [0.1, 0.15) is 4.60 Å². The summed E-state index contributed by atoms with van der Waals surface area (Å²) in [5.74, 6) is 0.517. The van der Waals surface area contributed by atoms with E-state index in [9.17, 15) is 9.90 Å². The summed E-state index contributed by atoms with van der Waals surface area (Å²) in [6.45, 7) is 1.05. The molecule has 2 aromatic heterocycles. The zero-order valence-electron chi connectivity index (χ0n) is 11.7. The highest BCUT2D eigenvalue weighted by Gasteiger charge is 2.32. The van der Waals surface area contributed by atoms with Crippen molar-refractivity contribution in [1.29, 1.82) is 5.26 Å². The van der Waals surface area contributed by atoms with Crippen LogP contribution in [0.25, 0.3) is 5.65 Å². The molecule has 9 nitrogen and oxygen atoms in total. The van der Waals surface area contributed by atoms with Crippen LogP contribution >= 0.6 is 27.5 Å². The SMILES string of the molecule is N#CCC1CN(c2nc(Cl)nn3c(Br)cnc23)CCN1C(=O)O. The van der Waals surface area contributed by atoms with Gasteiger partial charge in [0, 0.05) is 19.6 Å². The molecule has 0 saturated carbocycles. The summed E-state index contributed by atoms with van der Waals surface area (Å²) >= 11 is 9.30. The summed E-state index contributed by atoms with van der Waals surface area (Å²) in [6.07, 6.45) is 0.666. The number of carbonyl (C=O) groups is 1. The van der Waals surface area contributed by atoms with E-state index >= 15 is 0 Å². The Kier molecular flexibility index (Phi) is 4.23. The van der Waals surface area contributed by atoms with Gasteiger partial charge in [0.05, 0.1) is 24.7 Å². The van der Waals surface area contributed by atoms with E-state index in [4.69, 9.17) is 16.9 Å². The first-order valence-corrected chi connectivity index (χ1v) is 7.86. The first kappa shape index (κ1) is 15.8. The van der Waals surface area contributed by atoms with E-state index in [0.717, 1.165) is 0 Å². The molecule has 3 heterocycles. The number of nitriles is 1. The topological polar surface area (TPSA) is 111 Å². The Hall–Kier alpha value is -2.12. The summed E-state index contributed by atoms with van der Waals surface area (Å²) in [7, 11) is 0. The van der Waals surface area contributed by atoms with Crippen LogP contribution in [0.3, 0.4) is 0 Å². The Morgan fingerprint density at radius 1 is 1.57 bits per heavy atom. The fraction of sp³-hybridized carbons (Fsp3) is 0.417. The first-order valence-electron chi connectivity index (χ1n) is 6.69. The molecule has 120 valence electrons. The van der Waals surface area contributed by atoms with Gasteiger partial charge in [-0.1, -0.05) is 0 Å². The zero-order chi connectivity index (χ0) is 16.6. The molecule has 2 aromatic rings. The quantitative estimate of drug-likeness (QED) is 0.815. The second-order valence-electron chi connectivity index (χ2n) is 4.96. The fourth-order valence-corrected chi connectivity index (χ4v) is 3.11. The van der Waals surface area contributed by atoms with Crippen LogP contribution in [0, 0.1) is 11.3 Å². The molecular formula is C12H11BrClN7O2. The first-order chi connectivity index (χ1) is 11.0. The Morgan fingerprint density at radius 2 is 2.35 bits per heavy atom. The van der Waals surface area contributed by atoms with E-state index < -0.39 is 12.1 Å². The molecule has 1 fully saturated rings. The van der Waals surface area contributed by atoms with Crippen LogP contribution in [0.2, 0.25) is 5.28 Å². The van der Waals surface area contributed by atoms with Crippen LogP contribution < -0.4 is 4.90 Å². The molecule has 3 rings (SSSR count). The lowest BCUT2D eigenvalue weighted by Crippen LogP contribution is -2.55. The van der Waals surface area contributed by atoms with Crippen molar-refractivity contribution < 1.29 is 9.90 Å². The highest BCUT2D eigenvalue weighted by Crippen LogP contribution is 2.25. The summed E-state index contributed by atoms with van der Waals surface area (Å²) in [6, 6.07) is 1.60. The van der Waals surface area contributed by atoms with E-state index in [1.165, 1.54) is 9.42 Å². The summed E-state index contributed by atoms with van der Waals surface area (Å²) in [5.41, 5.74) is 0.515. The van der Waals surface area contributed by atoms with E-state index in [1.54, 1.807) is 6.20 Å². The molecule has 1 amide bonds. The maximum absolute atomic E-state index is 11.3. The number of imidazole rings is 1. The standard InChI is InChI=1S/C12H11BrClN7O2/c13-8-5-16-9-10(17-11(14)18-21(8)9)19-3-4-20(12(22)23)7(6-19)1-2-15/h5,7H,1,3-4,6H2,(H,22,23). The van der Waals surface area contributed by atoms with Crippen LogP contribution in [-0.2, 0) is 0 Å². The summed E-state index contributed by atoms with van der Waals surface area (Å²) in [5, 5.41) is 22.3. The minimum atomic E-state index is -1.03. The van der Waals surface area contributed by atoms with Gasteiger partial charge < -0.3 is 14.9 Å². The molecule has 1 aliphatic heterocycles. The van der Waals surface area contributed by atoms with Crippen LogP contribution in [-0.4, -0.2) is 61.4 Å². The lowest BCUT2D eigenvalue weighted by Gasteiger charge is -2.39. The van der Waals surface area contributed by atoms with E-state index in [0.29, 0.717) is 29.2 Å². The van der Waals surface area contributed by atoms with Gasteiger partial charge in [-0.3, -0.25) is 0 Å². The molecule has 0 aliphatic carbocycles. The van der Waals surface area contributed by atoms with E-state index in [1.807, 2.05) is 11.0 Å². The number of piperazine rings is 1. The summed E-state index contributed by atoms with van der Waals surface area (Å²) in [4.78, 5) is 22.9. The van der Waals surface area contributed by atoms with Crippen molar-refractivity contribution in [2.24, 2.45) is 0 Å². The van der Waals surface area contributed by atoms with Gasteiger partial charge in [-0.05, 0) is 27.5 Å². The largest absolute Gasteiger partial charge is 0.465 e. The summed E-state index contributed by atoms with van der Waals surface area (Å²) < 4.78 is 2.16. The van der Waals surface area contributed by atoms with Crippen molar-refractivity contribution in [3.63, 3.8) is 0 Å². The second-order valence-corrected chi connectivity index (χ2v) is 6.11. The predicted octanol–water partition coefficient (Wildman–Crippen LogP) is 1.62. The highest BCUT2D eigenvalue weighted by molar-refractivity contribution is 9.10. The van der Waals surface area contributed by atoms with Crippen LogP contribution in [0.1, 0.15) is 6.42 Å². The van der Waals surface area contributed by atoms with Crippen LogP contribution in [0.4, 0.5) is 10.6 Å². The molecule has 1 unspecified atom stereocenters. The van der Waals surface area contributed by atoms with Gasteiger partial charge in [-0.25, -0.2) is 14.3 Å². The third kappa shape index (κ3) is 2.89. The third-order valence-corrected chi connectivity index (χ3v) is 4.33. The molecule has 1 saturated heterocycles. The Labute approximate surface area is 144 Å². The Bertz CT molecular complexity index is 805. The van der Waals surface area contributed by atoms with Crippen LogP contribution in [0.5, 0.6) is 0 Å². The number of carboxylic acid groups (broad SMARTS) is 1. The van der Waals surface area contributed by atoms with Gasteiger partial charge in [-0.15, -0.1) is 5.10 Å². The molecule has 23 heavy (non-hydrogen) atoms. The van der Waals surface area contributed by atoms with Gasteiger partial charge in [0.15, 0.2) is 11.5 Å². The molecule has 1 N–H and O–H groups in total. The molecular weight excluding hydrogens is 390 g/mol. The number of hydrogen-bond donors (Lipinski definition) is 1. The average molecular weight is 401 g/mol. The molecule has 1 aliphatic rings. The molecule has 0 bridgehead atoms. The predicted molar refractivity (Wildman–Crippen MR) is 84.5 cm³/mol. The maximum atomic E-state index is 11.3. The van der Waals surface area contributed by atoms with Crippen molar-refractivity contribution in [2.45, 2.75) is 12.5 Å². The van der Waals surface area contributed by atoms with Gasteiger partial charge in [-0.2, -0.15) is 10.2 Å². The number of aromatic nitrogens is 4. The lowest BCUT2D eigenvalue weighted by atomic mass is 10.1. The normalized spacial score (nSPS) is 18.2. The van der Waals surface area contributed by atoms with Gasteiger partial charge in [0.2, 0.25) is 5.28 Å². The molecule has 0 radical (unpaired) electrons. The minimum Gasteiger partial charge on any atom is -0.465 e. The smallest absolute Gasteiger partial charge is 0.407 e. The van der Waals surface area contributed by atoms with E-state index in [2.05, 4.69) is 31.0 Å². The lowest BCUT2D eigenvalue weighted by molar-refractivity contribution is 0.119. The Morgan fingerprint density at radius 3 is 3.04 bits per heavy atom. The van der Waals surface area contributed by atoms with Crippen molar-refractivity contribution in [1.82, 2.24) is 24.5 Å². The van der Waals surface area contributed by atoms with Crippen LogP contribution in [0.15, 0.2) is 10.8 Å². The maximum Gasteiger partial charge on any atom is 0.407 e. The number of amides is 1. The number of fused-ring (bicyclic) bond motifs is 1. The number of halogens is 2. The van der Waals surface area contributed by atoms with Crippen molar-refractivity contribution in [2.75, 3.05) is 24.5 Å². The molecule has 0 aromatic carbocycles. The fourth-order valence-electron chi connectivity index (χ4n) is 2.61. The molecule has 11 heteroatoms. The highest BCUT2D eigenvalue weighted by atomic mass is 79.9. The number of rotatable bonds is 2. The third-order valence-electron chi connectivity index (χ3n) is 3.63. The van der Waals surface area contributed by atoms with Crippen molar-refractivity contribution in [3.05, 3.63) is 16.1 Å². The monoisotopic (exact) mass is 399 g/mol. The number of nitrogens with zero attached hydrogens (tertiary/aromatic N) is 7. The number of hydrogen-bond acceptors (Lipinski definition) is 6. The minimum absolute atomic E-state index is 0.0590. The van der Waals surface area contributed by atoms with Crippen molar-refractivity contribution in [3.8, 4) is 6.07 Å². The van der Waals surface area contributed by atoms with E-state index in [-0.39, 0.29) is 18.2 Å². The second kappa shape index (κ2) is 6.17. The molecule has 0 spiro atoms. The van der Waals surface area contributed by atoms with Gasteiger partial charge >= 0.3 is 6.09 Å².